The number of hydrogen-bond acceptors (Lipinski definition) is 6. The van der Waals surface area contributed by atoms with E-state index in [1.54, 1.807) is 28.8 Å². The number of benzene rings is 1. The van der Waals surface area contributed by atoms with Gasteiger partial charge >= 0.3 is 6.03 Å². The second-order valence-corrected chi connectivity index (χ2v) is 7.65. The lowest BCUT2D eigenvalue weighted by molar-refractivity contribution is 0.262. The van der Waals surface area contributed by atoms with Gasteiger partial charge in [0.1, 0.15) is 0 Å². The predicted octanol–water partition coefficient (Wildman–Crippen LogP) is 4.02. The number of rotatable bonds is 5. The Morgan fingerprint density at radius 1 is 0.966 bits per heavy atom. The first-order valence-corrected chi connectivity index (χ1v) is 10.8. The van der Waals surface area contributed by atoms with Crippen LogP contribution in [0.25, 0.3) is 5.95 Å². The van der Waals surface area contributed by atoms with E-state index in [0.717, 1.165) is 29.4 Å². The first-order chi connectivity index (χ1) is 14.2. The Balaban J connectivity index is 1.36. The van der Waals surface area contributed by atoms with Gasteiger partial charge in [-0.1, -0.05) is 0 Å². The number of amides is 2. The highest BCUT2D eigenvalue weighted by Gasteiger charge is 2.12. The van der Waals surface area contributed by atoms with E-state index in [-0.39, 0.29) is 6.03 Å². The molecule has 2 N–H and O–H groups in total. The number of aromatic nitrogens is 4. The van der Waals surface area contributed by atoms with Crippen LogP contribution in [-0.4, -0.2) is 45.1 Å². The van der Waals surface area contributed by atoms with E-state index < -0.39 is 0 Å². The summed E-state index contributed by atoms with van der Waals surface area (Å²) in [6.45, 7) is 2.10. The van der Waals surface area contributed by atoms with Crippen LogP contribution in [-0.2, 0) is 0 Å². The Morgan fingerprint density at radius 3 is 2.34 bits per heavy atom. The molecule has 0 atom stereocenters. The summed E-state index contributed by atoms with van der Waals surface area (Å²) >= 11 is 1.65. The molecule has 8 nitrogen and oxygen atoms in total. The topological polar surface area (TPSA) is 88.0 Å². The Labute approximate surface area is 173 Å². The Bertz CT molecular complexity index is 950. The van der Waals surface area contributed by atoms with E-state index in [1.165, 1.54) is 19.3 Å². The fraction of sp³-hybridized carbons (Fsp3) is 0.300. The monoisotopic (exact) mass is 409 g/mol. The standard InChI is InChI=1S/C20H23N7OS/c1-29-18-7-5-15(6-8-18)24-20(28)25-16-11-23-27(14-16)19-21-12-17(13-22-19)26-9-3-2-4-10-26/h5-8,11-14H,2-4,9-10H2,1H3,(H2,24,25,28). The Kier molecular flexibility index (Phi) is 5.95. The summed E-state index contributed by atoms with van der Waals surface area (Å²) in [5.74, 6) is 0.465. The molecule has 1 aliphatic rings. The predicted molar refractivity (Wildman–Crippen MR) is 116 cm³/mol. The van der Waals surface area contributed by atoms with Crippen LogP contribution in [0.4, 0.5) is 21.9 Å². The smallest absolute Gasteiger partial charge is 0.323 e. The molecule has 0 spiro atoms. The summed E-state index contributed by atoms with van der Waals surface area (Å²) in [5, 5.41) is 9.82. The molecule has 1 saturated heterocycles. The third-order valence-corrected chi connectivity index (χ3v) is 5.48. The van der Waals surface area contributed by atoms with E-state index in [1.807, 2.05) is 42.9 Å². The molecule has 2 amide bonds. The van der Waals surface area contributed by atoms with Crippen molar-refractivity contribution >= 4 is 34.9 Å². The summed E-state index contributed by atoms with van der Waals surface area (Å²) in [6, 6.07) is 7.33. The van der Waals surface area contributed by atoms with Gasteiger partial charge in [-0.15, -0.1) is 11.8 Å². The molecule has 1 aliphatic heterocycles. The number of carbonyl (C=O) groups is 1. The number of thioether (sulfide) groups is 1. The van der Waals surface area contributed by atoms with Gasteiger partial charge in [0.2, 0.25) is 0 Å². The number of piperidine rings is 1. The van der Waals surface area contributed by atoms with Crippen LogP contribution in [0.15, 0.2) is 53.9 Å². The zero-order chi connectivity index (χ0) is 20.1. The van der Waals surface area contributed by atoms with Crippen molar-refractivity contribution in [2.45, 2.75) is 24.2 Å². The number of carbonyl (C=O) groups excluding carboxylic acids is 1. The molecular formula is C20H23N7OS. The molecule has 3 heterocycles. The van der Waals surface area contributed by atoms with E-state index in [0.29, 0.717) is 11.6 Å². The van der Waals surface area contributed by atoms with Gasteiger partial charge in [-0.2, -0.15) is 5.10 Å². The van der Waals surface area contributed by atoms with Gasteiger partial charge in [0.15, 0.2) is 0 Å². The fourth-order valence-electron chi connectivity index (χ4n) is 3.21. The lowest BCUT2D eigenvalue weighted by Crippen LogP contribution is -2.29. The van der Waals surface area contributed by atoms with E-state index in [2.05, 4.69) is 30.6 Å². The van der Waals surface area contributed by atoms with Gasteiger partial charge in [0.05, 0.1) is 36.2 Å². The van der Waals surface area contributed by atoms with Crippen LogP contribution in [0.2, 0.25) is 0 Å². The number of hydrogen-bond donors (Lipinski definition) is 2. The second-order valence-electron chi connectivity index (χ2n) is 6.77. The third kappa shape index (κ3) is 4.86. The maximum absolute atomic E-state index is 12.2. The average molecular weight is 410 g/mol. The van der Waals surface area contributed by atoms with Crippen molar-refractivity contribution in [2.24, 2.45) is 0 Å². The molecule has 1 fully saturated rings. The third-order valence-electron chi connectivity index (χ3n) is 4.74. The van der Waals surface area contributed by atoms with Gasteiger partial charge in [-0.3, -0.25) is 0 Å². The highest BCUT2D eigenvalue weighted by molar-refractivity contribution is 7.98. The average Bonchev–Trinajstić information content (AvgIpc) is 3.23. The first kappa shape index (κ1) is 19.3. The molecule has 9 heteroatoms. The van der Waals surface area contributed by atoms with E-state index >= 15 is 0 Å². The Hall–Kier alpha value is -3.07. The summed E-state index contributed by atoms with van der Waals surface area (Å²) in [6.07, 6.45) is 12.6. The van der Waals surface area contributed by atoms with Gasteiger partial charge < -0.3 is 15.5 Å². The summed E-state index contributed by atoms with van der Waals surface area (Å²) in [4.78, 5) is 24.5. The van der Waals surface area contributed by atoms with Crippen LogP contribution < -0.4 is 15.5 Å². The number of anilines is 3. The van der Waals surface area contributed by atoms with Crippen molar-refractivity contribution in [2.75, 3.05) is 34.9 Å². The SMILES string of the molecule is CSc1ccc(NC(=O)Nc2cnn(-c3ncc(N4CCCCC4)cn3)c2)cc1. The van der Waals surface area contributed by atoms with Gasteiger partial charge in [-0.25, -0.2) is 19.4 Å². The van der Waals surface area contributed by atoms with Crippen LogP contribution >= 0.6 is 11.8 Å². The molecule has 3 aromatic rings. The van der Waals surface area contributed by atoms with Crippen molar-refractivity contribution in [3.8, 4) is 5.95 Å². The normalized spacial score (nSPS) is 13.9. The minimum Gasteiger partial charge on any atom is -0.369 e. The Morgan fingerprint density at radius 2 is 1.66 bits per heavy atom. The molecule has 0 unspecified atom stereocenters. The number of urea groups is 1. The maximum Gasteiger partial charge on any atom is 0.323 e. The van der Waals surface area contributed by atoms with Crippen LogP contribution in [0, 0.1) is 0 Å². The van der Waals surface area contributed by atoms with E-state index in [9.17, 15) is 4.79 Å². The van der Waals surface area contributed by atoms with Crippen molar-refractivity contribution in [3.63, 3.8) is 0 Å². The van der Waals surface area contributed by atoms with Gasteiger partial charge in [-0.05, 0) is 49.8 Å². The fourth-order valence-corrected chi connectivity index (χ4v) is 3.62. The lowest BCUT2D eigenvalue weighted by atomic mass is 10.1. The summed E-state index contributed by atoms with van der Waals surface area (Å²) in [7, 11) is 0. The molecule has 0 aliphatic carbocycles. The van der Waals surface area contributed by atoms with Crippen LogP contribution in [0.3, 0.4) is 0 Å². The summed E-state index contributed by atoms with van der Waals surface area (Å²) < 4.78 is 1.54. The largest absolute Gasteiger partial charge is 0.369 e. The second kappa shape index (κ2) is 8.95. The first-order valence-electron chi connectivity index (χ1n) is 9.55. The van der Waals surface area contributed by atoms with Gasteiger partial charge in [0.25, 0.3) is 5.95 Å². The summed E-state index contributed by atoms with van der Waals surface area (Å²) in [5.41, 5.74) is 2.32. The molecule has 4 rings (SSSR count). The molecule has 0 radical (unpaired) electrons. The highest BCUT2D eigenvalue weighted by Crippen LogP contribution is 2.19. The molecule has 1 aromatic carbocycles. The molecule has 2 aromatic heterocycles. The van der Waals surface area contributed by atoms with E-state index in [4.69, 9.17) is 0 Å². The van der Waals surface area contributed by atoms with Crippen molar-refractivity contribution < 1.29 is 4.79 Å². The van der Waals surface area contributed by atoms with Crippen molar-refractivity contribution in [1.29, 1.82) is 0 Å². The number of nitrogens with one attached hydrogen (secondary N) is 2. The van der Waals surface area contributed by atoms with Crippen molar-refractivity contribution in [1.82, 2.24) is 19.7 Å². The lowest BCUT2D eigenvalue weighted by Gasteiger charge is -2.28. The highest BCUT2D eigenvalue weighted by atomic mass is 32.2. The number of nitrogens with zero attached hydrogens (tertiary/aromatic N) is 5. The quantitative estimate of drug-likeness (QED) is 0.619. The minimum absolute atomic E-state index is 0.331. The minimum atomic E-state index is -0.331. The molecule has 0 saturated carbocycles. The van der Waals surface area contributed by atoms with Crippen molar-refractivity contribution in [3.05, 3.63) is 49.1 Å². The molecule has 150 valence electrons. The zero-order valence-electron chi connectivity index (χ0n) is 16.2. The molecule has 0 bridgehead atoms. The zero-order valence-corrected chi connectivity index (χ0v) is 17.0. The molecule has 29 heavy (non-hydrogen) atoms. The molecular weight excluding hydrogens is 386 g/mol. The van der Waals surface area contributed by atoms with Crippen LogP contribution in [0.5, 0.6) is 0 Å². The van der Waals surface area contributed by atoms with Gasteiger partial charge in [0, 0.05) is 23.7 Å². The van der Waals surface area contributed by atoms with Crippen LogP contribution in [0.1, 0.15) is 19.3 Å². The maximum atomic E-state index is 12.2.